The first kappa shape index (κ1) is 12.0. The summed E-state index contributed by atoms with van der Waals surface area (Å²) in [5.74, 6) is -0.345. The normalized spacial score (nSPS) is 10.3. The molecule has 0 radical (unpaired) electrons. The summed E-state index contributed by atoms with van der Waals surface area (Å²) in [4.78, 5) is 0. The second kappa shape index (κ2) is 5.27. The summed E-state index contributed by atoms with van der Waals surface area (Å²) in [6.45, 7) is 0.0720. The molecule has 88 valence electrons. The van der Waals surface area contributed by atoms with Gasteiger partial charge in [0, 0.05) is 16.1 Å². The molecule has 0 heterocycles. The lowest BCUT2D eigenvalue weighted by Crippen LogP contribution is -1.98. The summed E-state index contributed by atoms with van der Waals surface area (Å²) in [6, 6.07) is 10.5. The van der Waals surface area contributed by atoms with Crippen LogP contribution in [0.1, 0.15) is 5.56 Å². The molecule has 0 aromatic heterocycles. The van der Waals surface area contributed by atoms with E-state index in [1.165, 1.54) is 18.2 Å². The number of rotatable bonds is 3. The minimum absolute atomic E-state index is 0.0720. The molecule has 0 aliphatic heterocycles. The Kier molecular flexibility index (Phi) is 3.74. The molecule has 2 rings (SSSR count). The molecule has 4 heteroatoms. The highest BCUT2D eigenvalue weighted by Crippen LogP contribution is 2.18. The third kappa shape index (κ3) is 3.27. The zero-order valence-electron chi connectivity index (χ0n) is 8.79. The predicted octanol–water partition coefficient (Wildman–Crippen LogP) is 4.31. The zero-order valence-corrected chi connectivity index (χ0v) is 10.4. The van der Waals surface area contributed by atoms with Crippen molar-refractivity contribution in [3.8, 4) is 5.75 Å². The van der Waals surface area contributed by atoms with Crippen molar-refractivity contribution in [3.05, 3.63) is 64.1 Å². The van der Waals surface area contributed by atoms with E-state index in [4.69, 9.17) is 4.74 Å². The van der Waals surface area contributed by atoms with E-state index >= 15 is 0 Å². The van der Waals surface area contributed by atoms with Crippen molar-refractivity contribution in [2.75, 3.05) is 0 Å². The van der Waals surface area contributed by atoms with Gasteiger partial charge in [-0.1, -0.05) is 28.1 Å². The van der Waals surface area contributed by atoms with Crippen molar-refractivity contribution in [1.29, 1.82) is 0 Å². The van der Waals surface area contributed by atoms with Gasteiger partial charge in [0.05, 0.1) is 0 Å². The topological polar surface area (TPSA) is 9.23 Å². The summed E-state index contributed by atoms with van der Waals surface area (Å²) in [6.07, 6.45) is 0. The molecule has 0 N–H and O–H groups in total. The molecule has 2 aromatic carbocycles. The van der Waals surface area contributed by atoms with Crippen molar-refractivity contribution < 1.29 is 13.5 Å². The number of hydrogen-bond donors (Lipinski definition) is 0. The maximum absolute atomic E-state index is 13.4. The number of benzene rings is 2. The third-order valence-corrected chi connectivity index (χ3v) is 2.70. The Balaban J connectivity index is 2.07. The van der Waals surface area contributed by atoms with Crippen LogP contribution in [0, 0.1) is 11.6 Å². The van der Waals surface area contributed by atoms with Crippen LogP contribution < -0.4 is 4.74 Å². The van der Waals surface area contributed by atoms with Crippen LogP contribution in [0.25, 0.3) is 0 Å². The molecule has 0 amide bonds. The molecule has 0 unspecified atom stereocenters. The minimum Gasteiger partial charge on any atom is -0.489 e. The second-order valence-electron chi connectivity index (χ2n) is 3.48. The average molecular weight is 299 g/mol. The molecule has 2 aromatic rings. The van der Waals surface area contributed by atoms with Gasteiger partial charge in [0.1, 0.15) is 24.0 Å². The maximum atomic E-state index is 13.4. The van der Waals surface area contributed by atoms with Gasteiger partial charge in [-0.3, -0.25) is 0 Å². The molecule has 0 saturated carbocycles. The fraction of sp³-hybridized carbons (Fsp3) is 0.0769. The molecule has 0 aliphatic carbocycles. The Bertz CT molecular complexity index is 529. The van der Waals surface area contributed by atoms with Crippen molar-refractivity contribution >= 4 is 15.9 Å². The lowest BCUT2D eigenvalue weighted by Gasteiger charge is -2.07. The first-order chi connectivity index (χ1) is 8.15. The Morgan fingerprint density at radius 2 is 1.88 bits per heavy atom. The van der Waals surface area contributed by atoms with E-state index in [1.54, 1.807) is 24.3 Å². The molecule has 0 fully saturated rings. The minimum atomic E-state index is -0.376. The lowest BCUT2D eigenvalue weighted by atomic mass is 10.2. The van der Waals surface area contributed by atoms with E-state index in [9.17, 15) is 8.78 Å². The van der Waals surface area contributed by atoms with Gasteiger partial charge in [-0.25, -0.2) is 8.78 Å². The number of hydrogen-bond acceptors (Lipinski definition) is 1. The van der Waals surface area contributed by atoms with Gasteiger partial charge in [0.2, 0.25) is 0 Å². The van der Waals surface area contributed by atoms with Gasteiger partial charge in [0.15, 0.2) is 0 Å². The van der Waals surface area contributed by atoms with Gasteiger partial charge in [-0.2, -0.15) is 0 Å². The van der Waals surface area contributed by atoms with Gasteiger partial charge in [-0.05, 0) is 24.3 Å². The smallest absolute Gasteiger partial charge is 0.130 e. The van der Waals surface area contributed by atoms with Gasteiger partial charge in [0.25, 0.3) is 0 Å². The molecular formula is C13H9BrF2O. The number of halogens is 3. The third-order valence-electron chi connectivity index (χ3n) is 2.21. The highest BCUT2D eigenvalue weighted by atomic mass is 79.9. The zero-order chi connectivity index (χ0) is 12.3. The van der Waals surface area contributed by atoms with Crippen LogP contribution in [0.5, 0.6) is 5.75 Å². The molecule has 0 saturated heterocycles. The van der Waals surface area contributed by atoms with E-state index in [0.717, 1.165) is 0 Å². The first-order valence-corrected chi connectivity index (χ1v) is 5.77. The fourth-order valence-corrected chi connectivity index (χ4v) is 1.69. The molecule has 0 spiro atoms. The SMILES string of the molecule is Fc1cccc(OCc2ccc(Br)cc2F)c1. The average Bonchev–Trinajstić information content (AvgIpc) is 2.28. The summed E-state index contributed by atoms with van der Waals surface area (Å²) in [7, 11) is 0. The van der Waals surface area contributed by atoms with Crippen molar-refractivity contribution in [1.82, 2.24) is 0 Å². The Morgan fingerprint density at radius 1 is 1.06 bits per heavy atom. The standard InChI is InChI=1S/C13H9BrF2O/c14-10-5-4-9(13(16)6-10)8-17-12-3-1-2-11(15)7-12/h1-7H,8H2. The quantitative estimate of drug-likeness (QED) is 0.820. The number of ether oxygens (including phenoxy) is 1. The largest absolute Gasteiger partial charge is 0.489 e. The van der Waals surface area contributed by atoms with Crippen molar-refractivity contribution in [3.63, 3.8) is 0 Å². The van der Waals surface area contributed by atoms with Gasteiger partial charge >= 0.3 is 0 Å². The summed E-state index contributed by atoms with van der Waals surface area (Å²) >= 11 is 3.17. The van der Waals surface area contributed by atoms with E-state index in [0.29, 0.717) is 15.8 Å². The van der Waals surface area contributed by atoms with Crippen LogP contribution in [0.2, 0.25) is 0 Å². The van der Waals surface area contributed by atoms with Gasteiger partial charge in [-0.15, -0.1) is 0 Å². The molecule has 0 aliphatic rings. The summed E-state index contributed by atoms with van der Waals surface area (Å²) < 4.78 is 32.3. The van der Waals surface area contributed by atoms with Crippen molar-refractivity contribution in [2.24, 2.45) is 0 Å². The molecule has 1 nitrogen and oxygen atoms in total. The first-order valence-electron chi connectivity index (χ1n) is 4.97. The monoisotopic (exact) mass is 298 g/mol. The fourth-order valence-electron chi connectivity index (χ4n) is 1.36. The van der Waals surface area contributed by atoms with E-state index in [1.807, 2.05) is 0 Å². The lowest BCUT2D eigenvalue weighted by molar-refractivity contribution is 0.298. The summed E-state index contributed by atoms with van der Waals surface area (Å²) in [5.41, 5.74) is 0.428. The molecule has 0 atom stereocenters. The Hall–Kier alpha value is -1.42. The van der Waals surface area contributed by atoms with E-state index in [2.05, 4.69) is 15.9 Å². The van der Waals surface area contributed by atoms with Crippen molar-refractivity contribution in [2.45, 2.75) is 6.61 Å². The Labute approximate surface area is 106 Å². The van der Waals surface area contributed by atoms with Crippen LogP contribution in [-0.2, 0) is 6.61 Å². The van der Waals surface area contributed by atoms with Crippen LogP contribution in [0.4, 0.5) is 8.78 Å². The van der Waals surface area contributed by atoms with Crippen LogP contribution >= 0.6 is 15.9 Å². The van der Waals surface area contributed by atoms with Crippen LogP contribution in [0.3, 0.4) is 0 Å². The Morgan fingerprint density at radius 3 is 2.59 bits per heavy atom. The molecule has 17 heavy (non-hydrogen) atoms. The summed E-state index contributed by atoms with van der Waals surface area (Å²) in [5, 5.41) is 0. The molecular weight excluding hydrogens is 290 g/mol. The highest BCUT2D eigenvalue weighted by molar-refractivity contribution is 9.10. The second-order valence-corrected chi connectivity index (χ2v) is 4.40. The van der Waals surface area contributed by atoms with Gasteiger partial charge < -0.3 is 4.74 Å². The molecule has 0 bridgehead atoms. The van der Waals surface area contributed by atoms with E-state index in [-0.39, 0.29) is 18.2 Å². The van der Waals surface area contributed by atoms with E-state index < -0.39 is 0 Å². The van der Waals surface area contributed by atoms with Crippen LogP contribution in [-0.4, -0.2) is 0 Å². The predicted molar refractivity (Wildman–Crippen MR) is 64.8 cm³/mol. The highest BCUT2D eigenvalue weighted by Gasteiger charge is 2.04. The maximum Gasteiger partial charge on any atom is 0.130 e. The van der Waals surface area contributed by atoms with Crippen LogP contribution in [0.15, 0.2) is 46.9 Å².